The number of benzene rings is 4. The highest BCUT2D eigenvalue weighted by Crippen LogP contribution is 2.40. The zero-order valence-electron chi connectivity index (χ0n) is 24.9. The van der Waals surface area contributed by atoms with Gasteiger partial charge in [-0.15, -0.1) is 0 Å². The highest BCUT2D eigenvalue weighted by molar-refractivity contribution is 9.10. The number of fused-ring (bicyclic) bond motifs is 1. The van der Waals surface area contributed by atoms with Crippen molar-refractivity contribution < 1.29 is 9.16 Å². The highest BCUT2D eigenvalue weighted by Gasteiger charge is 2.50. The van der Waals surface area contributed by atoms with Crippen molar-refractivity contribution in [1.82, 2.24) is 4.57 Å². The average Bonchev–Trinajstić information content (AvgIpc) is 3.29. The normalized spacial score (nSPS) is 12.7. The van der Waals surface area contributed by atoms with Crippen molar-refractivity contribution in [3.63, 3.8) is 0 Å². The molecule has 214 valence electrons. The van der Waals surface area contributed by atoms with Crippen LogP contribution in [0.3, 0.4) is 0 Å². The number of aromatic nitrogens is 1. The number of halogens is 1. The summed E-state index contributed by atoms with van der Waals surface area (Å²) < 4.78 is 16.3. The molecule has 1 aromatic heterocycles. The van der Waals surface area contributed by atoms with Crippen LogP contribution in [0.15, 0.2) is 108 Å². The van der Waals surface area contributed by atoms with E-state index in [1.807, 2.05) is 36.4 Å². The van der Waals surface area contributed by atoms with Gasteiger partial charge in [0.05, 0.1) is 23.9 Å². The summed E-state index contributed by atoms with van der Waals surface area (Å²) in [6.07, 6.45) is 0. The zero-order chi connectivity index (χ0) is 29.9. The third-order valence-corrected chi connectivity index (χ3v) is 13.5. The van der Waals surface area contributed by atoms with Gasteiger partial charge >= 0.3 is 0 Å². The maximum absolute atomic E-state index is 10.4. The van der Waals surface area contributed by atoms with Crippen molar-refractivity contribution in [3.05, 3.63) is 113 Å². The van der Waals surface area contributed by atoms with Crippen LogP contribution >= 0.6 is 15.9 Å². The predicted molar refractivity (Wildman–Crippen MR) is 179 cm³/mol. The van der Waals surface area contributed by atoms with E-state index in [4.69, 9.17) is 9.16 Å². The van der Waals surface area contributed by atoms with Gasteiger partial charge in [-0.1, -0.05) is 122 Å². The van der Waals surface area contributed by atoms with Gasteiger partial charge in [0.15, 0.2) is 0 Å². The fraction of sp³-hybridized carbons (Fsp3) is 0.250. The first-order valence-electron chi connectivity index (χ1n) is 14.3. The largest absolute Gasteiger partial charge is 0.496 e. The van der Waals surface area contributed by atoms with E-state index in [-0.39, 0.29) is 11.0 Å². The number of rotatable bonds is 9. The number of hydrogen-bond donors (Lipinski definition) is 0. The molecule has 6 heteroatoms. The smallest absolute Gasteiger partial charge is 0.261 e. The SMILES string of the molecule is COc1ccccc1-c1c(C#N)c2ccc(Br)cc2n1CC(C)CO[Si](c1ccccc1)(c1ccccc1)C(C)(C)C. The molecule has 1 atom stereocenters. The average molecular weight is 638 g/mol. The second kappa shape index (κ2) is 12.3. The van der Waals surface area contributed by atoms with E-state index >= 15 is 0 Å². The number of methoxy groups -OCH3 is 1. The molecule has 1 unspecified atom stereocenters. The van der Waals surface area contributed by atoms with Gasteiger partial charge in [0, 0.05) is 28.6 Å². The summed E-state index contributed by atoms with van der Waals surface area (Å²) in [6, 6.07) is 38.1. The van der Waals surface area contributed by atoms with Gasteiger partial charge in [-0.05, 0) is 45.6 Å². The van der Waals surface area contributed by atoms with E-state index in [0.29, 0.717) is 18.7 Å². The Balaban J connectivity index is 1.59. The summed E-state index contributed by atoms with van der Waals surface area (Å²) in [5.74, 6) is 0.898. The molecular formula is C36H37BrN2O2Si. The molecule has 1 heterocycles. The van der Waals surface area contributed by atoms with Gasteiger partial charge in [0.2, 0.25) is 0 Å². The number of nitrogens with zero attached hydrogens (tertiary/aromatic N) is 2. The molecular weight excluding hydrogens is 600 g/mol. The molecule has 42 heavy (non-hydrogen) atoms. The fourth-order valence-electron chi connectivity index (χ4n) is 6.14. The van der Waals surface area contributed by atoms with E-state index < -0.39 is 8.32 Å². The summed E-state index contributed by atoms with van der Waals surface area (Å²) in [5, 5.41) is 13.7. The van der Waals surface area contributed by atoms with Crippen LogP contribution in [0, 0.1) is 17.2 Å². The first-order chi connectivity index (χ1) is 20.2. The topological polar surface area (TPSA) is 47.2 Å². The number of para-hydroxylation sites is 1. The minimum atomic E-state index is -2.67. The Morgan fingerprint density at radius 1 is 0.881 bits per heavy atom. The van der Waals surface area contributed by atoms with E-state index in [1.54, 1.807) is 7.11 Å². The first-order valence-corrected chi connectivity index (χ1v) is 17.0. The first kappa shape index (κ1) is 29.8. The molecule has 4 nitrogen and oxygen atoms in total. The summed E-state index contributed by atoms with van der Waals surface area (Å²) in [6.45, 7) is 10.4. The van der Waals surface area contributed by atoms with Crippen LogP contribution in [0.1, 0.15) is 33.3 Å². The van der Waals surface area contributed by atoms with Crippen molar-refractivity contribution in [2.24, 2.45) is 5.92 Å². The summed E-state index contributed by atoms with van der Waals surface area (Å²) in [5.41, 5.74) is 3.45. The van der Waals surface area contributed by atoms with Crippen LogP contribution in [-0.2, 0) is 11.0 Å². The van der Waals surface area contributed by atoms with Crippen LogP contribution in [0.25, 0.3) is 22.2 Å². The number of hydrogen-bond acceptors (Lipinski definition) is 3. The Bertz CT molecular complexity index is 1680. The molecule has 0 aliphatic carbocycles. The molecule has 4 aromatic carbocycles. The Morgan fingerprint density at radius 3 is 2.05 bits per heavy atom. The van der Waals surface area contributed by atoms with Crippen LogP contribution in [0.5, 0.6) is 5.75 Å². The number of ether oxygens (including phenoxy) is 1. The zero-order valence-corrected chi connectivity index (χ0v) is 27.5. The van der Waals surface area contributed by atoms with E-state index in [0.717, 1.165) is 32.4 Å². The van der Waals surface area contributed by atoms with E-state index in [9.17, 15) is 5.26 Å². The lowest BCUT2D eigenvalue weighted by molar-refractivity contribution is 0.232. The van der Waals surface area contributed by atoms with Crippen LogP contribution in [0.2, 0.25) is 5.04 Å². The molecule has 0 amide bonds. The molecule has 5 aromatic rings. The van der Waals surface area contributed by atoms with Gasteiger partial charge in [0.1, 0.15) is 11.8 Å². The molecule has 0 fully saturated rings. The Labute approximate surface area is 258 Å². The van der Waals surface area contributed by atoms with Crippen LogP contribution < -0.4 is 15.1 Å². The highest BCUT2D eigenvalue weighted by atomic mass is 79.9. The molecule has 0 saturated heterocycles. The fourth-order valence-corrected chi connectivity index (χ4v) is 11.2. The van der Waals surface area contributed by atoms with Gasteiger partial charge in [-0.25, -0.2) is 0 Å². The molecule has 0 bridgehead atoms. The van der Waals surface area contributed by atoms with Crippen molar-refractivity contribution in [2.75, 3.05) is 13.7 Å². The third kappa shape index (κ3) is 5.45. The van der Waals surface area contributed by atoms with Crippen molar-refractivity contribution in [2.45, 2.75) is 39.3 Å². The second-order valence-electron chi connectivity index (χ2n) is 11.9. The Hall–Kier alpha value is -3.63. The molecule has 0 aliphatic heterocycles. The van der Waals surface area contributed by atoms with Gasteiger partial charge < -0.3 is 13.7 Å². The predicted octanol–water partition coefficient (Wildman–Crippen LogP) is 8.16. The molecule has 5 rings (SSSR count). The summed E-state index contributed by atoms with van der Waals surface area (Å²) >= 11 is 3.66. The Kier molecular flexibility index (Phi) is 8.75. The Morgan fingerprint density at radius 2 is 1.48 bits per heavy atom. The van der Waals surface area contributed by atoms with Crippen molar-refractivity contribution >= 4 is 45.5 Å². The van der Waals surface area contributed by atoms with Crippen LogP contribution in [0.4, 0.5) is 0 Å². The molecule has 0 N–H and O–H groups in total. The summed E-state index contributed by atoms with van der Waals surface area (Å²) in [7, 11) is -1.000. The minimum absolute atomic E-state index is 0.100. The maximum Gasteiger partial charge on any atom is 0.261 e. The quantitative estimate of drug-likeness (QED) is 0.153. The standard InChI is InChI=1S/C36H37BrN2O2Si/c1-26(25-41-42(36(2,3)4,28-14-8-6-9-15-28)29-16-10-7-11-17-29)24-39-33-22-27(37)20-21-30(33)32(23-38)35(39)31-18-12-13-19-34(31)40-5/h6-22,26H,24-25H2,1-5H3. The van der Waals surface area contributed by atoms with Gasteiger partial charge in [-0.2, -0.15) is 5.26 Å². The van der Waals surface area contributed by atoms with E-state index in [1.165, 1.54) is 10.4 Å². The van der Waals surface area contributed by atoms with Crippen molar-refractivity contribution in [3.8, 4) is 23.1 Å². The second-order valence-corrected chi connectivity index (χ2v) is 17.1. The van der Waals surface area contributed by atoms with Crippen LogP contribution in [-0.4, -0.2) is 26.6 Å². The number of nitriles is 1. The van der Waals surface area contributed by atoms with Crippen molar-refractivity contribution in [1.29, 1.82) is 5.26 Å². The lowest BCUT2D eigenvalue weighted by Crippen LogP contribution is -2.66. The molecule has 0 spiro atoms. The lowest BCUT2D eigenvalue weighted by Gasteiger charge is -2.43. The molecule has 0 radical (unpaired) electrons. The minimum Gasteiger partial charge on any atom is -0.496 e. The summed E-state index contributed by atoms with van der Waals surface area (Å²) in [4.78, 5) is 0. The molecule has 0 aliphatic rings. The lowest BCUT2D eigenvalue weighted by atomic mass is 10.0. The van der Waals surface area contributed by atoms with Gasteiger partial charge in [0.25, 0.3) is 8.32 Å². The van der Waals surface area contributed by atoms with Gasteiger partial charge in [-0.3, -0.25) is 0 Å². The third-order valence-electron chi connectivity index (χ3n) is 8.00. The monoisotopic (exact) mass is 636 g/mol. The maximum atomic E-state index is 10.4. The molecule has 0 saturated carbocycles. The van der Waals surface area contributed by atoms with E-state index in [2.05, 4.69) is 121 Å².